The maximum absolute atomic E-state index is 11.9. The first-order valence-electron chi connectivity index (χ1n) is 7.28. The normalized spacial score (nSPS) is 28.4. The lowest BCUT2D eigenvalue weighted by Gasteiger charge is -2.34. The molecule has 5 heteroatoms. The Morgan fingerprint density at radius 1 is 1.60 bits per heavy atom. The largest absolute Gasteiger partial charge is 0.466 e. The highest BCUT2D eigenvalue weighted by Crippen LogP contribution is 2.58. The molecule has 0 aromatic carbocycles. The zero-order valence-corrected chi connectivity index (χ0v) is 11.8. The minimum Gasteiger partial charge on any atom is -0.466 e. The van der Waals surface area contributed by atoms with Crippen LogP contribution in [0.2, 0.25) is 0 Å². The third-order valence-corrected chi connectivity index (χ3v) is 4.46. The molecule has 1 saturated carbocycles. The number of ether oxygens (including phenoxy) is 1. The van der Waals surface area contributed by atoms with Gasteiger partial charge in [0, 0.05) is 18.5 Å². The number of aromatic nitrogens is 1. The number of esters is 1. The minimum atomic E-state index is -0.0281. The van der Waals surface area contributed by atoms with Crippen LogP contribution in [-0.4, -0.2) is 30.6 Å². The van der Waals surface area contributed by atoms with Gasteiger partial charge in [0.05, 0.1) is 24.4 Å². The van der Waals surface area contributed by atoms with Gasteiger partial charge in [0.15, 0.2) is 0 Å². The Kier molecular flexibility index (Phi) is 3.28. The minimum absolute atomic E-state index is 0.0281. The van der Waals surface area contributed by atoms with Crippen molar-refractivity contribution in [2.24, 2.45) is 11.3 Å². The molecular weight excluding hydrogens is 254 g/mol. The lowest BCUT2D eigenvalue weighted by Crippen LogP contribution is -2.38. The molecule has 1 aliphatic carbocycles. The SMILES string of the molecule is CCOC(=O)C1CC12CCCN(c1ccc(N)cn1)C2. The Morgan fingerprint density at radius 3 is 3.15 bits per heavy atom. The number of piperidine rings is 1. The number of nitrogens with two attached hydrogens (primary N) is 1. The van der Waals surface area contributed by atoms with E-state index in [0.29, 0.717) is 12.3 Å². The van der Waals surface area contributed by atoms with Crippen molar-refractivity contribution in [3.63, 3.8) is 0 Å². The van der Waals surface area contributed by atoms with E-state index in [-0.39, 0.29) is 17.3 Å². The summed E-state index contributed by atoms with van der Waals surface area (Å²) in [5.74, 6) is 1.01. The molecule has 2 fully saturated rings. The Hall–Kier alpha value is -1.78. The number of nitrogens with zero attached hydrogens (tertiary/aromatic N) is 2. The van der Waals surface area contributed by atoms with Gasteiger partial charge in [-0.1, -0.05) is 0 Å². The summed E-state index contributed by atoms with van der Waals surface area (Å²) in [7, 11) is 0. The summed E-state index contributed by atoms with van der Waals surface area (Å²) < 4.78 is 5.16. The molecule has 3 rings (SSSR count). The predicted molar refractivity (Wildman–Crippen MR) is 77.3 cm³/mol. The van der Waals surface area contributed by atoms with Gasteiger partial charge in [-0.25, -0.2) is 4.98 Å². The van der Waals surface area contributed by atoms with Gasteiger partial charge in [0.1, 0.15) is 5.82 Å². The third kappa shape index (κ3) is 2.32. The van der Waals surface area contributed by atoms with E-state index in [0.717, 1.165) is 38.2 Å². The van der Waals surface area contributed by atoms with E-state index < -0.39 is 0 Å². The second-order valence-corrected chi connectivity index (χ2v) is 5.85. The second kappa shape index (κ2) is 4.96. The van der Waals surface area contributed by atoms with E-state index in [1.54, 1.807) is 6.20 Å². The van der Waals surface area contributed by atoms with Gasteiger partial charge < -0.3 is 15.4 Å². The van der Waals surface area contributed by atoms with Gasteiger partial charge in [-0.05, 0) is 38.3 Å². The van der Waals surface area contributed by atoms with Crippen molar-refractivity contribution in [2.45, 2.75) is 26.2 Å². The Labute approximate surface area is 119 Å². The quantitative estimate of drug-likeness (QED) is 0.852. The Bertz CT molecular complexity index is 502. The summed E-state index contributed by atoms with van der Waals surface area (Å²) in [6.07, 6.45) is 4.85. The van der Waals surface area contributed by atoms with E-state index in [9.17, 15) is 4.79 Å². The number of carbonyl (C=O) groups is 1. The highest BCUT2D eigenvalue weighted by molar-refractivity contribution is 5.77. The Morgan fingerprint density at radius 2 is 2.45 bits per heavy atom. The molecule has 1 aromatic rings. The molecule has 2 unspecified atom stereocenters. The summed E-state index contributed by atoms with van der Waals surface area (Å²) in [5, 5.41) is 0. The molecule has 2 atom stereocenters. The molecule has 2 N–H and O–H groups in total. The fourth-order valence-electron chi connectivity index (χ4n) is 3.32. The number of hydrogen-bond donors (Lipinski definition) is 1. The smallest absolute Gasteiger partial charge is 0.309 e. The number of nitrogen functional groups attached to an aromatic ring is 1. The monoisotopic (exact) mass is 275 g/mol. The van der Waals surface area contributed by atoms with E-state index in [1.165, 1.54) is 0 Å². The van der Waals surface area contributed by atoms with Crippen LogP contribution in [0.25, 0.3) is 0 Å². The van der Waals surface area contributed by atoms with Gasteiger partial charge in [-0.3, -0.25) is 4.79 Å². The second-order valence-electron chi connectivity index (χ2n) is 5.85. The molecule has 1 aliphatic heterocycles. The van der Waals surface area contributed by atoms with E-state index in [4.69, 9.17) is 10.5 Å². The van der Waals surface area contributed by atoms with Crippen LogP contribution in [0.5, 0.6) is 0 Å². The van der Waals surface area contributed by atoms with Gasteiger partial charge in [-0.15, -0.1) is 0 Å². The number of carbonyl (C=O) groups excluding carboxylic acids is 1. The highest BCUT2D eigenvalue weighted by atomic mass is 16.5. The molecule has 1 aromatic heterocycles. The molecule has 0 radical (unpaired) electrons. The van der Waals surface area contributed by atoms with Crippen LogP contribution in [-0.2, 0) is 9.53 Å². The first kappa shape index (κ1) is 13.2. The van der Waals surface area contributed by atoms with E-state index in [2.05, 4.69) is 9.88 Å². The van der Waals surface area contributed by atoms with Gasteiger partial charge in [0.25, 0.3) is 0 Å². The van der Waals surface area contributed by atoms with Crippen molar-refractivity contribution in [1.82, 2.24) is 4.98 Å². The number of hydrogen-bond acceptors (Lipinski definition) is 5. The van der Waals surface area contributed by atoms with Crippen LogP contribution in [0.4, 0.5) is 11.5 Å². The predicted octanol–water partition coefficient (Wildman–Crippen LogP) is 1.83. The van der Waals surface area contributed by atoms with Gasteiger partial charge >= 0.3 is 5.97 Å². The number of anilines is 2. The lowest BCUT2D eigenvalue weighted by molar-refractivity contribution is -0.145. The fraction of sp³-hybridized carbons (Fsp3) is 0.600. The molecule has 20 heavy (non-hydrogen) atoms. The molecule has 1 spiro atoms. The van der Waals surface area contributed by atoms with Crippen molar-refractivity contribution >= 4 is 17.5 Å². The van der Waals surface area contributed by atoms with Crippen LogP contribution < -0.4 is 10.6 Å². The number of rotatable bonds is 3. The average molecular weight is 275 g/mol. The molecule has 108 valence electrons. The summed E-state index contributed by atoms with van der Waals surface area (Å²) in [6, 6.07) is 3.83. The maximum Gasteiger partial charge on any atom is 0.309 e. The van der Waals surface area contributed by atoms with Crippen LogP contribution in [0.3, 0.4) is 0 Å². The van der Waals surface area contributed by atoms with Crippen LogP contribution in [0.15, 0.2) is 18.3 Å². The Balaban J connectivity index is 1.69. The standard InChI is InChI=1S/C15H21N3O2/c1-2-20-14(19)12-8-15(12)6-3-7-18(10-15)13-5-4-11(16)9-17-13/h4-5,9,12H,2-3,6-8,10,16H2,1H3. The first-order chi connectivity index (χ1) is 9.64. The molecule has 1 saturated heterocycles. The maximum atomic E-state index is 11.9. The molecule has 5 nitrogen and oxygen atoms in total. The third-order valence-electron chi connectivity index (χ3n) is 4.46. The van der Waals surface area contributed by atoms with Crippen molar-refractivity contribution in [3.05, 3.63) is 18.3 Å². The molecule has 0 amide bonds. The zero-order chi connectivity index (χ0) is 14.2. The van der Waals surface area contributed by atoms with Crippen molar-refractivity contribution < 1.29 is 9.53 Å². The van der Waals surface area contributed by atoms with Gasteiger partial charge in [0.2, 0.25) is 0 Å². The van der Waals surface area contributed by atoms with Crippen LogP contribution in [0.1, 0.15) is 26.2 Å². The highest BCUT2D eigenvalue weighted by Gasteiger charge is 2.60. The zero-order valence-electron chi connectivity index (χ0n) is 11.8. The molecule has 0 bridgehead atoms. The van der Waals surface area contributed by atoms with E-state index >= 15 is 0 Å². The molecular formula is C15H21N3O2. The topological polar surface area (TPSA) is 68.5 Å². The summed E-state index contributed by atoms with van der Waals surface area (Å²) in [5.41, 5.74) is 6.47. The summed E-state index contributed by atoms with van der Waals surface area (Å²) in [6.45, 7) is 4.22. The summed E-state index contributed by atoms with van der Waals surface area (Å²) in [4.78, 5) is 18.5. The van der Waals surface area contributed by atoms with Crippen LogP contribution >= 0.6 is 0 Å². The molecule has 2 heterocycles. The van der Waals surface area contributed by atoms with E-state index in [1.807, 2.05) is 19.1 Å². The van der Waals surface area contributed by atoms with Crippen molar-refractivity contribution in [3.8, 4) is 0 Å². The van der Waals surface area contributed by atoms with Crippen molar-refractivity contribution in [1.29, 1.82) is 0 Å². The lowest BCUT2D eigenvalue weighted by atomic mass is 9.92. The number of pyridine rings is 1. The average Bonchev–Trinajstić information content (AvgIpc) is 3.13. The van der Waals surface area contributed by atoms with Crippen molar-refractivity contribution in [2.75, 3.05) is 30.3 Å². The van der Waals surface area contributed by atoms with Gasteiger partial charge in [-0.2, -0.15) is 0 Å². The molecule has 2 aliphatic rings. The fourth-order valence-corrected chi connectivity index (χ4v) is 3.32. The van der Waals surface area contributed by atoms with Crippen LogP contribution in [0, 0.1) is 11.3 Å². The first-order valence-corrected chi connectivity index (χ1v) is 7.28. The summed E-state index contributed by atoms with van der Waals surface area (Å²) >= 11 is 0.